The summed E-state index contributed by atoms with van der Waals surface area (Å²) >= 11 is 0. The molecule has 3 heteroatoms. The summed E-state index contributed by atoms with van der Waals surface area (Å²) in [5, 5.41) is 19.9. The van der Waals surface area contributed by atoms with Crippen LogP contribution in [0, 0.1) is 17.3 Å². The Labute approximate surface area is 114 Å². The summed E-state index contributed by atoms with van der Waals surface area (Å²) in [5.74, 6) is 0.972. The normalized spacial score (nSPS) is 46.0. The number of carbonyl (C=O) groups excluding carboxylic acids is 1. The van der Waals surface area contributed by atoms with Gasteiger partial charge in [0, 0.05) is 6.42 Å². The quantitative estimate of drug-likeness (QED) is 0.702. The average molecular weight is 262 g/mol. The summed E-state index contributed by atoms with van der Waals surface area (Å²) in [6.45, 7) is 4.09. The van der Waals surface area contributed by atoms with Gasteiger partial charge in [0.1, 0.15) is 0 Å². The van der Waals surface area contributed by atoms with Crippen LogP contribution in [0.15, 0.2) is 23.3 Å². The number of ketones is 1. The number of hydrogen-bond donors (Lipinski definition) is 2. The Kier molecular flexibility index (Phi) is 2.95. The van der Waals surface area contributed by atoms with Crippen molar-refractivity contribution in [3.63, 3.8) is 0 Å². The molecule has 3 aliphatic rings. The van der Waals surface area contributed by atoms with Gasteiger partial charge in [-0.15, -0.1) is 0 Å². The molecule has 3 rings (SSSR count). The molecule has 0 spiro atoms. The fraction of sp³-hybridized carbons (Fsp3) is 0.688. The monoisotopic (exact) mass is 262 g/mol. The highest BCUT2D eigenvalue weighted by Crippen LogP contribution is 2.53. The minimum absolute atomic E-state index is 0.0481. The first-order valence-corrected chi connectivity index (χ1v) is 7.22. The van der Waals surface area contributed by atoms with E-state index in [-0.39, 0.29) is 11.2 Å². The molecule has 1 fully saturated rings. The molecule has 0 bridgehead atoms. The number of hydrogen-bond acceptors (Lipinski definition) is 3. The molecular weight excluding hydrogens is 240 g/mol. The van der Waals surface area contributed by atoms with Gasteiger partial charge in [0.15, 0.2) is 5.78 Å². The lowest BCUT2D eigenvalue weighted by Crippen LogP contribution is -2.49. The van der Waals surface area contributed by atoms with Gasteiger partial charge >= 0.3 is 0 Å². The fourth-order valence-corrected chi connectivity index (χ4v) is 4.26. The van der Waals surface area contributed by atoms with E-state index >= 15 is 0 Å². The molecule has 0 aromatic rings. The Morgan fingerprint density at radius 2 is 2.05 bits per heavy atom. The molecule has 5 atom stereocenters. The van der Waals surface area contributed by atoms with Gasteiger partial charge in [-0.3, -0.25) is 4.79 Å². The van der Waals surface area contributed by atoms with Crippen molar-refractivity contribution in [1.82, 2.24) is 0 Å². The second kappa shape index (κ2) is 4.29. The van der Waals surface area contributed by atoms with E-state index in [1.807, 2.05) is 6.92 Å². The van der Waals surface area contributed by atoms with Crippen LogP contribution in [0.1, 0.15) is 39.5 Å². The molecule has 1 saturated carbocycles. The molecule has 0 radical (unpaired) electrons. The second-order valence-electron chi connectivity index (χ2n) is 6.67. The first-order valence-electron chi connectivity index (χ1n) is 7.22. The Hall–Kier alpha value is -0.930. The minimum atomic E-state index is -0.622. The Morgan fingerprint density at radius 1 is 1.32 bits per heavy atom. The van der Waals surface area contributed by atoms with E-state index in [0.29, 0.717) is 31.1 Å². The maximum atomic E-state index is 11.8. The Balaban J connectivity index is 2.03. The molecule has 0 amide bonds. The van der Waals surface area contributed by atoms with Crippen LogP contribution in [-0.4, -0.2) is 28.2 Å². The third-order valence-electron chi connectivity index (χ3n) is 5.50. The predicted molar refractivity (Wildman–Crippen MR) is 72.4 cm³/mol. The largest absolute Gasteiger partial charge is 0.390 e. The van der Waals surface area contributed by atoms with Crippen LogP contribution in [0.2, 0.25) is 0 Å². The van der Waals surface area contributed by atoms with E-state index in [2.05, 4.69) is 19.1 Å². The molecule has 3 aliphatic carbocycles. The summed E-state index contributed by atoms with van der Waals surface area (Å²) in [6, 6.07) is 0. The van der Waals surface area contributed by atoms with Crippen molar-refractivity contribution >= 4 is 5.78 Å². The van der Waals surface area contributed by atoms with E-state index < -0.39 is 12.2 Å². The summed E-state index contributed by atoms with van der Waals surface area (Å²) in [5.41, 5.74) is 2.02. The van der Waals surface area contributed by atoms with Crippen LogP contribution >= 0.6 is 0 Å². The molecule has 0 saturated heterocycles. The number of aliphatic hydroxyl groups is 2. The van der Waals surface area contributed by atoms with Crippen molar-refractivity contribution < 1.29 is 15.0 Å². The van der Waals surface area contributed by atoms with Gasteiger partial charge in [-0.2, -0.15) is 0 Å². The first-order chi connectivity index (χ1) is 8.92. The Morgan fingerprint density at radius 3 is 2.79 bits per heavy atom. The van der Waals surface area contributed by atoms with E-state index in [9.17, 15) is 15.0 Å². The van der Waals surface area contributed by atoms with Crippen molar-refractivity contribution in [2.24, 2.45) is 17.3 Å². The summed E-state index contributed by atoms with van der Waals surface area (Å²) in [6.07, 6.45) is 5.77. The van der Waals surface area contributed by atoms with E-state index in [1.54, 1.807) is 0 Å². The number of allylic oxidation sites excluding steroid dienone is 4. The number of fused-ring (bicyclic) bond motifs is 3. The van der Waals surface area contributed by atoms with Crippen LogP contribution < -0.4 is 0 Å². The highest BCUT2D eigenvalue weighted by molar-refractivity contribution is 5.97. The van der Waals surface area contributed by atoms with Crippen LogP contribution in [0.3, 0.4) is 0 Å². The maximum absolute atomic E-state index is 11.8. The van der Waals surface area contributed by atoms with Gasteiger partial charge < -0.3 is 10.2 Å². The van der Waals surface area contributed by atoms with Gasteiger partial charge in [-0.05, 0) is 54.6 Å². The summed E-state index contributed by atoms with van der Waals surface area (Å²) < 4.78 is 0. The highest BCUT2D eigenvalue weighted by Gasteiger charge is 2.49. The van der Waals surface area contributed by atoms with Gasteiger partial charge in [-0.1, -0.05) is 19.1 Å². The zero-order chi connectivity index (χ0) is 13.8. The number of rotatable bonds is 0. The molecular formula is C16H22O3. The number of carbonyl (C=O) groups is 1. The van der Waals surface area contributed by atoms with Crippen molar-refractivity contribution in [2.45, 2.75) is 51.7 Å². The molecule has 0 heterocycles. The van der Waals surface area contributed by atoms with Crippen molar-refractivity contribution in [1.29, 1.82) is 0 Å². The highest BCUT2D eigenvalue weighted by atomic mass is 16.3. The zero-order valence-corrected chi connectivity index (χ0v) is 11.6. The molecule has 3 nitrogen and oxygen atoms in total. The SMILES string of the molecule is CC1=C2C=CC3(C)CC(O)C(O)CC3C2CCC1=O. The van der Waals surface area contributed by atoms with E-state index in [4.69, 9.17) is 0 Å². The molecule has 0 aromatic heterocycles. The van der Waals surface area contributed by atoms with Gasteiger partial charge in [0.2, 0.25) is 0 Å². The van der Waals surface area contributed by atoms with Crippen LogP contribution in [0.25, 0.3) is 0 Å². The second-order valence-corrected chi connectivity index (χ2v) is 6.67. The molecule has 19 heavy (non-hydrogen) atoms. The van der Waals surface area contributed by atoms with E-state index in [0.717, 1.165) is 12.0 Å². The van der Waals surface area contributed by atoms with Gasteiger partial charge in [-0.25, -0.2) is 0 Å². The zero-order valence-electron chi connectivity index (χ0n) is 11.6. The maximum Gasteiger partial charge on any atom is 0.158 e. The molecule has 5 unspecified atom stereocenters. The smallest absolute Gasteiger partial charge is 0.158 e. The predicted octanol–water partition coefficient (Wildman–Crippen LogP) is 1.99. The average Bonchev–Trinajstić information content (AvgIpc) is 2.36. The number of aliphatic hydroxyl groups excluding tert-OH is 2. The summed E-state index contributed by atoms with van der Waals surface area (Å²) in [4.78, 5) is 11.8. The van der Waals surface area contributed by atoms with Gasteiger partial charge in [0.25, 0.3) is 0 Å². The molecule has 0 aliphatic heterocycles. The lowest BCUT2D eigenvalue weighted by atomic mass is 9.55. The van der Waals surface area contributed by atoms with Crippen molar-refractivity contribution in [2.75, 3.05) is 0 Å². The molecule has 104 valence electrons. The first kappa shape index (κ1) is 13.1. The molecule has 0 aromatic carbocycles. The van der Waals surface area contributed by atoms with Crippen LogP contribution in [-0.2, 0) is 4.79 Å². The van der Waals surface area contributed by atoms with Crippen LogP contribution in [0.5, 0.6) is 0 Å². The lowest BCUT2D eigenvalue weighted by Gasteiger charge is -2.51. The van der Waals surface area contributed by atoms with Gasteiger partial charge in [0.05, 0.1) is 12.2 Å². The Bertz CT molecular complexity index is 476. The number of Topliss-reactive ketones (excluding diaryl/α,β-unsaturated/α-hetero) is 1. The minimum Gasteiger partial charge on any atom is -0.390 e. The van der Waals surface area contributed by atoms with Crippen LogP contribution in [0.4, 0.5) is 0 Å². The molecule has 2 N–H and O–H groups in total. The summed E-state index contributed by atoms with van der Waals surface area (Å²) in [7, 11) is 0. The fourth-order valence-electron chi connectivity index (χ4n) is 4.26. The third kappa shape index (κ3) is 1.91. The topological polar surface area (TPSA) is 57.5 Å². The van der Waals surface area contributed by atoms with E-state index in [1.165, 1.54) is 5.57 Å². The van der Waals surface area contributed by atoms with Crippen molar-refractivity contribution in [3.05, 3.63) is 23.3 Å². The van der Waals surface area contributed by atoms with Crippen molar-refractivity contribution in [3.8, 4) is 0 Å². The third-order valence-corrected chi connectivity index (χ3v) is 5.50. The standard InChI is InChI=1S/C16H22O3/c1-9-10-5-6-16(2)8-15(19)14(18)7-12(16)11(10)3-4-13(9)17/h5-6,11-12,14-15,18-19H,3-4,7-8H2,1-2H3. The lowest BCUT2D eigenvalue weighted by molar-refractivity contribution is -0.117.